The fraction of sp³-hybridized carbons (Fsp3) is 0.176. The first-order valence-corrected chi connectivity index (χ1v) is 9.21. The smallest absolute Gasteiger partial charge is 0.0923 e. The summed E-state index contributed by atoms with van der Waals surface area (Å²) in [4.78, 5) is 2.38. The van der Waals surface area contributed by atoms with Gasteiger partial charge in [-0.05, 0) is 41.4 Å². The summed E-state index contributed by atoms with van der Waals surface area (Å²) >= 11 is 6.96. The Morgan fingerprint density at radius 2 is 1.86 bits per heavy atom. The lowest BCUT2D eigenvalue weighted by Gasteiger charge is -2.25. The molecule has 0 saturated carbocycles. The van der Waals surface area contributed by atoms with Crippen LogP contribution in [0.4, 0.5) is 0 Å². The Hall–Kier alpha value is -0.940. The Labute approximate surface area is 141 Å². The maximum absolute atomic E-state index is 11.0. The summed E-state index contributed by atoms with van der Waals surface area (Å²) in [7, 11) is 0. The van der Waals surface area contributed by atoms with Crippen LogP contribution in [0.5, 0.6) is 0 Å². The molecule has 0 aliphatic carbocycles. The van der Waals surface area contributed by atoms with Gasteiger partial charge in [-0.25, -0.2) is 0 Å². The Kier molecular flexibility index (Phi) is 4.31. The van der Waals surface area contributed by atoms with Gasteiger partial charge in [0.1, 0.15) is 0 Å². The highest BCUT2D eigenvalue weighted by Crippen LogP contribution is 2.40. The predicted molar refractivity (Wildman–Crippen MR) is 95.0 cm³/mol. The van der Waals surface area contributed by atoms with Gasteiger partial charge in [0.25, 0.3) is 0 Å². The van der Waals surface area contributed by atoms with E-state index in [1.165, 1.54) is 9.75 Å². The third-order valence-electron chi connectivity index (χ3n) is 3.48. The molecule has 0 bridgehead atoms. The number of benzene rings is 1. The van der Waals surface area contributed by atoms with Crippen molar-refractivity contribution < 1.29 is 5.11 Å². The van der Waals surface area contributed by atoms with E-state index < -0.39 is 5.60 Å². The topological polar surface area (TPSA) is 20.2 Å². The molecule has 0 aliphatic heterocycles. The number of hydrogen-bond acceptors (Lipinski definition) is 3. The zero-order chi connectivity index (χ0) is 14.9. The first-order valence-electron chi connectivity index (χ1n) is 6.65. The van der Waals surface area contributed by atoms with Crippen LogP contribution in [-0.4, -0.2) is 5.11 Å². The second-order valence-corrected chi connectivity index (χ2v) is 7.90. The lowest BCUT2D eigenvalue weighted by molar-refractivity contribution is 0.0584. The molecule has 21 heavy (non-hydrogen) atoms. The molecule has 0 saturated heterocycles. The van der Waals surface area contributed by atoms with E-state index in [0.29, 0.717) is 6.42 Å². The molecule has 2 heterocycles. The minimum atomic E-state index is -0.886. The van der Waals surface area contributed by atoms with E-state index in [4.69, 9.17) is 0 Å². The van der Waals surface area contributed by atoms with Crippen molar-refractivity contribution in [2.75, 3.05) is 0 Å². The molecule has 1 N–H and O–H groups in total. The van der Waals surface area contributed by atoms with E-state index in [-0.39, 0.29) is 0 Å². The average molecular weight is 379 g/mol. The molecule has 2 aromatic heterocycles. The van der Waals surface area contributed by atoms with Crippen LogP contribution < -0.4 is 0 Å². The molecule has 0 aliphatic rings. The number of aliphatic hydroxyl groups is 1. The lowest BCUT2D eigenvalue weighted by atomic mass is 9.89. The molecular formula is C17H15BrOS2. The molecular weight excluding hydrogens is 364 g/mol. The summed E-state index contributed by atoms with van der Waals surface area (Å²) < 4.78 is 1.04. The zero-order valence-corrected chi connectivity index (χ0v) is 14.8. The van der Waals surface area contributed by atoms with Gasteiger partial charge in [0.15, 0.2) is 0 Å². The van der Waals surface area contributed by atoms with Crippen molar-refractivity contribution in [3.63, 3.8) is 0 Å². The third-order valence-corrected chi connectivity index (χ3v) is 6.22. The normalized spacial score (nSPS) is 14.0. The fourth-order valence-electron chi connectivity index (χ4n) is 2.44. The van der Waals surface area contributed by atoms with Gasteiger partial charge in [-0.1, -0.05) is 40.2 Å². The van der Waals surface area contributed by atoms with Crippen molar-refractivity contribution in [2.45, 2.75) is 18.9 Å². The Balaban J connectivity index is 1.96. The molecule has 1 unspecified atom stereocenters. The molecule has 0 amide bonds. The largest absolute Gasteiger partial charge is 0.385 e. The van der Waals surface area contributed by atoms with Gasteiger partial charge in [0.05, 0.1) is 10.5 Å². The van der Waals surface area contributed by atoms with Crippen LogP contribution in [0.25, 0.3) is 9.75 Å². The summed E-state index contributed by atoms with van der Waals surface area (Å²) in [6.07, 6.45) is 0.587. The molecule has 3 rings (SSSR count). The van der Waals surface area contributed by atoms with Crippen LogP contribution in [-0.2, 0) is 12.0 Å². The summed E-state index contributed by atoms with van der Waals surface area (Å²) in [6.45, 7) is 1.89. The first kappa shape index (κ1) is 15.0. The van der Waals surface area contributed by atoms with Crippen molar-refractivity contribution in [2.24, 2.45) is 0 Å². The van der Waals surface area contributed by atoms with E-state index in [0.717, 1.165) is 15.6 Å². The van der Waals surface area contributed by atoms with E-state index in [2.05, 4.69) is 38.8 Å². The van der Waals surface area contributed by atoms with Crippen molar-refractivity contribution in [1.82, 2.24) is 0 Å². The van der Waals surface area contributed by atoms with E-state index >= 15 is 0 Å². The van der Waals surface area contributed by atoms with Gasteiger partial charge in [0.2, 0.25) is 0 Å². The Morgan fingerprint density at radius 3 is 2.57 bits per heavy atom. The summed E-state index contributed by atoms with van der Waals surface area (Å²) in [5.74, 6) is 0. The van der Waals surface area contributed by atoms with Gasteiger partial charge in [-0.3, -0.25) is 0 Å². The van der Waals surface area contributed by atoms with E-state index in [9.17, 15) is 5.11 Å². The van der Waals surface area contributed by atoms with Gasteiger partial charge >= 0.3 is 0 Å². The monoisotopic (exact) mass is 378 g/mol. The van der Waals surface area contributed by atoms with Crippen molar-refractivity contribution in [3.05, 3.63) is 68.8 Å². The number of halogens is 1. The summed E-state index contributed by atoms with van der Waals surface area (Å²) in [6, 6.07) is 14.2. The average Bonchev–Trinajstić information content (AvgIpc) is 3.11. The van der Waals surface area contributed by atoms with Gasteiger partial charge in [-0.2, -0.15) is 0 Å². The second-order valence-electron chi connectivity index (χ2n) is 5.18. The molecule has 1 nitrogen and oxygen atoms in total. The predicted octanol–water partition coefficient (Wildman–Crippen LogP) is 5.69. The highest BCUT2D eigenvalue weighted by molar-refractivity contribution is 9.10. The molecule has 1 atom stereocenters. The first-order chi connectivity index (χ1) is 10.1. The number of thiophene rings is 2. The molecule has 3 aromatic rings. The third kappa shape index (κ3) is 3.14. The maximum atomic E-state index is 11.0. The van der Waals surface area contributed by atoms with Crippen LogP contribution in [0.3, 0.4) is 0 Å². The highest BCUT2D eigenvalue weighted by atomic mass is 79.9. The van der Waals surface area contributed by atoms with Crippen molar-refractivity contribution in [3.8, 4) is 9.75 Å². The van der Waals surface area contributed by atoms with Crippen LogP contribution in [0, 0.1) is 0 Å². The summed E-state index contributed by atoms with van der Waals surface area (Å²) in [5, 5.41) is 15.1. The zero-order valence-electron chi connectivity index (χ0n) is 11.5. The minimum Gasteiger partial charge on any atom is -0.385 e. The molecule has 0 radical (unpaired) electrons. The molecule has 108 valence electrons. The van der Waals surface area contributed by atoms with E-state index in [1.54, 1.807) is 22.7 Å². The maximum Gasteiger partial charge on any atom is 0.0923 e. The van der Waals surface area contributed by atoms with E-state index in [1.807, 2.05) is 37.3 Å². The van der Waals surface area contributed by atoms with Crippen molar-refractivity contribution >= 4 is 38.6 Å². The summed E-state index contributed by atoms with van der Waals surface area (Å²) in [5.41, 5.74) is 1.24. The highest BCUT2D eigenvalue weighted by Gasteiger charge is 2.28. The van der Waals surface area contributed by atoms with Crippen molar-refractivity contribution in [1.29, 1.82) is 0 Å². The van der Waals surface area contributed by atoms with Crippen LogP contribution >= 0.6 is 38.6 Å². The number of hydrogen-bond donors (Lipinski definition) is 1. The van der Waals surface area contributed by atoms with Gasteiger partial charge in [0, 0.05) is 21.3 Å². The molecule has 1 aromatic carbocycles. The number of rotatable bonds is 4. The molecule has 0 fully saturated rings. The molecule has 4 heteroatoms. The molecule has 0 spiro atoms. The SMILES string of the molecule is CC(O)(Cc1ccccc1Br)c1ccsc1-c1cccs1. The lowest BCUT2D eigenvalue weighted by Crippen LogP contribution is -2.24. The second kappa shape index (κ2) is 6.05. The van der Waals surface area contributed by atoms with Crippen LogP contribution in [0.1, 0.15) is 18.1 Å². The van der Waals surface area contributed by atoms with Gasteiger partial charge < -0.3 is 5.11 Å². The van der Waals surface area contributed by atoms with Gasteiger partial charge in [-0.15, -0.1) is 22.7 Å². The fourth-order valence-corrected chi connectivity index (χ4v) is 4.77. The minimum absolute atomic E-state index is 0.587. The Morgan fingerprint density at radius 1 is 1.05 bits per heavy atom. The van der Waals surface area contributed by atoms with Crippen LogP contribution in [0.2, 0.25) is 0 Å². The Bertz CT molecular complexity index is 729. The standard InChI is InChI=1S/C17H15BrOS2/c1-17(19,11-12-5-2-3-6-14(12)18)13-8-10-21-16(13)15-7-4-9-20-15/h2-10,19H,11H2,1H3. The quantitative estimate of drug-likeness (QED) is 0.618. The van der Waals surface area contributed by atoms with Crippen LogP contribution in [0.15, 0.2) is 57.7 Å².